The Morgan fingerprint density at radius 1 is 1.23 bits per heavy atom. The van der Waals surface area contributed by atoms with Gasteiger partial charge in [0.15, 0.2) is 11.6 Å². The molecular weight excluding hydrogens is 665 g/mol. The number of rotatable bonds is 6. The van der Waals surface area contributed by atoms with Gasteiger partial charge >= 0.3 is 6.01 Å². The minimum Gasteiger partial charge on any atom is -0.489 e. The third-order valence-corrected chi connectivity index (χ3v) is 10.7. The Kier molecular flexibility index (Phi) is 9.26. The molecule has 7 rings (SSSR count). The molecule has 1 unspecified atom stereocenters. The molecule has 2 saturated heterocycles. The highest BCUT2D eigenvalue weighted by Crippen LogP contribution is 2.51. The zero-order valence-electron chi connectivity index (χ0n) is 26.0. The molecule has 4 atom stereocenters. The predicted octanol–water partition coefficient (Wildman–Crippen LogP) is 6.94. The molecule has 0 spiro atoms. The van der Waals surface area contributed by atoms with E-state index in [0.717, 1.165) is 37.0 Å². The average Bonchev–Trinajstić information content (AvgIpc) is 3.33. The lowest BCUT2D eigenvalue weighted by Crippen LogP contribution is -2.48. The molecule has 3 aliphatic heterocycles. The number of anilines is 2. The molecular formula is C34H34ClF3N6O3S. The van der Waals surface area contributed by atoms with Gasteiger partial charge in [-0.1, -0.05) is 23.7 Å². The van der Waals surface area contributed by atoms with Crippen molar-refractivity contribution in [2.75, 3.05) is 50.2 Å². The first-order chi connectivity index (χ1) is 23.3. The summed E-state index contributed by atoms with van der Waals surface area (Å²) < 4.78 is 65.2. The molecule has 0 bridgehead atoms. The van der Waals surface area contributed by atoms with Crippen molar-refractivity contribution >= 4 is 54.7 Å². The molecule has 252 valence electrons. The minimum atomic E-state index is -1.02. The Balaban J connectivity index is 1.45. The fraction of sp³-hybridized carbons (Fsp3) is 0.441. The summed E-state index contributed by atoms with van der Waals surface area (Å²) in [5.41, 5.74) is 6.05. The molecule has 3 aliphatic rings. The van der Waals surface area contributed by atoms with E-state index in [0.29, 0.717) is 32.0 Å². The summed E-state index contributed by atoms with van der Waals surface area (Å²) in [6, 6.07) is 3.97. The second-order valence-corrected chi connectivity index (χ2v) is 13.8. The molecule has 0 amide bonds. The van der Waals surface area contributed by atoms with Gasteiger partial charge in [-0.3, -0.25) is 0 Å². The molecule has 9 nitrogen and oxygen atoms in total. The van der Waals surface area contributed by atoms with Crippen LogP contribution in [0.4, 0.5) is 24.0 Å². The first kappa shape index (κ1) is 32.7. The van der Waals surface area contributed by atoms with Crippen LogP contribution in [0.25, 0.3) is 32.1 Å². The summed E-state index contributed by atoms with van der Waals surface area (Å²) in [5.74, 6) is -1.02. The number of nitrogen functional groups attached to an aromatic ring is 1. The number of nitrogens with one attached hydrogen (secondary N) is 1. The second kappa shape index (κ2) is 13.6. The standard InChI is InChI=1S/C34H34ClF3N6O3S/c1-2-19-16-46-30-26-29(28(38)25(27(30)35)21-7-8-23(37)31-24(21)22(12-39)32(40)48-31)42-34(43-33(26)44(19)20-6-4-10-45-15-20)47-14-17-5-3-9-41-13-18(36)11-17/h2,7-8,17-20,41H,1,3-6,9-11,13-16,40H2/t17-,18-,19+,20?/m1/s1. The van der Waals surface area contributed by atoms with Crippen LogP contribution in [0.5, 0.6) is 11.8 Å². The summed E-state index contributed by atoms with van der Waals surface area (Å²) in [6.07, 6.45) is 4.24. The zero-order chi connectivity index (χ0) is 33.5. The van der Waals surface area contributed by atoms with Crippen molar-refractivity contribution in [3.8, 4) is 29.0 Å². The van der Waals surface area contributed by atoms with Crippen molar-refractivity contribution in [2.24, 2.45) is 5.92 Å². The van der Waals surface area contributed by atoms with E-state index < -0.39 is 23.8 Å². The molecule has 0 radical (unpaired) electrons. The number of benzene rings is 2. The van der Waals surface area contributed by atoms with E-state index >= 15 is 4.39 Å². The Bertz CT molecular complexity index is 1930. The summed E-state index contributed by atoms with van der Waals surface area (Å²) >= 11 is 7.96. The van der Waals surface area contributed by atoms with Gasteiger partial charge in [0.25, 0.3) is 0 Å². The molecule has 0 aliphatic carbocycles. The van der Waals surface area contributed by atoms with Crippen LogP contribution in [-0.4, -0.2) is 67.7 Å². The van der Waals surface area contributed by atoms with Crippen molar-refractivity contribution in [1.29, 1.82) is 5.26 Å². The van der Waals surface area contributed by atoms with Crippen LogP contribution in [0.3, 0.4) is 0 Å². The molecule has 3 N–H and O–H groups in total. The lowest BCUT2D eigenvalue weighted by atomic mass is 9.96. The summed E-state index contributed by atoms with van der Waals surface area (Å²) in [7, 11) is 0. The topological polar surface area (TPSA) is 119 Å². The number of thiophene rings is 1. The Morgan fingerprint density at radius 2 is 2.08 bits per heavy atom. The molecule has 2 aromatic carbocycles. The van der Waals surface area contributed by atoms with E-state index in [1.165, 1.54) is 12.1 Å². The van der Waals surface area contributed by atoms with Crippen LogP contribution < -0.4 is 25.4 Å². The fourth-order valence-electron chi connectivity index (χ4n) is 7.02. The largest absolute Gasteiger partial charge is 0.489 e. The van der Waals surface area contributed by atoms with Crippen LogP contribution in [0.1, 0.15) is 37.7 Å². The number of alkyl halides is 1. The van der Waals surface area contributed by atoms with E-state index in [1.807, 2.05) is 11.0 Å². The molecule has 2 fully saturated rings. The number of hydrogen-bond donors (Lipinski definition) is 2. The van der Waals surface area contributed by atoms with Gasteiger partial charge in [-0.2, -0.15) is 15.2 Å². The van der Waals surface area contributed by atoms with Crippen LogP contribution in [0, 0.1) is 28.9 Å². The van der Waals surface area contributed by atoms with E-state index in [2.05, 4.69) is 16.9 Å². The highest BCUT2D eigenvalue weighted by Gasteiger charge is 2.37. The van der Waals surface area contributed by atoms with Gasteiger partial charge in [0.1, 0.15) is 41.0 Å². The third-order valence-electron chi connectivity index (χ3n) is 9.31. The lowest BCUT2D eigenvalue weighted by molar-refractivity contribution is 0.0764. The molecule has 14 heteroatoms. The highest BCUT2D eigenvalue weighted by atomic mass is 35.5. The number of fused-ring (bicyclic) bond motifs is 1. The van der Waals surface area contributed by atoms with Crippen LogP contribution in [-0.2, 0) is 4.74 Å². The fourth-order valence-corrected chi connectivity index (χ4v) is 8.31. The van der Waals surface area contributed by atoms with E-state index in [9.17, 15) is 14.0 Å². The number of nitrogens with two attached hydrogens (primary N) is 1. The number of halogens is 4. The van der Waals surface area contributed by atoms with Gasteiger partial charge in [-0.25, -0.2) is 13.2 Å². The van der Waals surface area contributed by atoms with Gasteiger partial charge in [0.2, 0.25) is 0 Å². The Morgan fingerprint density at radius 3 is 2.85 bits per heavy atom. The number of ether oxygens (including phenoxy) is 3. The summed E-state index contributed by atoms with van der Waals surface area (Å²) in [4.78, 5) is 11.4. The van der Waals surface area contributed by atoms with Crippen LogP contribution in [0.15, 0.2) is 24.8 Å². The minimum absolute atomic E-state index is 0.0232. The van der Waals surface area contributed by atoms with Crippen LogP contribution in [0.2, 0.25) is 5.02 Å². The van der Waals surface area contributed by atoms with Crippen LogP contribution >= 0.6 is 22.9 Å². The van der Waals surface area contributed by atoms with Gasteiger partial charge in [0, 0.05) is 24.1 Å². The molecule has 2 aromatic heterocycles. The van der Waals surface area contributed by atoms with Crippen molar-refractivity contribution in [3.63, 3.8) is 0 Å². The van der Waals surface area contributed by atoms with E-state index in [1.54, 1.807) is 6.08 Å². The average molecular weight is 699 g/mol. The molecule has 48 heavy (non-hydrogen) atoms. The smallest absolute Gasteiger partial charge is 0.319 e. The summed E-state index contributed by atoms with van der Waals surface area (Å²) in [5, 5.41) is 13.5. The maximum atomic E-state index is 17.2. The summed E-state index contributed by atoms with van der Waals surface area (Å²) in [6.45, 7) is 6.34. The number of nitriles is 1. The van der Waals surface area contributed by atoms with Crippen molar-refractivity contribution < 1.29 is 27.4 Å². The number of nitrogens with zero attached hydrogens (tertiary/aromatic N) is 4. The maximum absolute atomic E-state index is 17.2. The van der Waals surface area contributed by atoms with Gasteiger partial charge in [-0.05, 0) is 56.2 Å². The Hall–Kier alpha value is -3.83. The van der Waals surface area contributed by atoms with E-state index in [-0.39, 0.29) is 91.2 Å². The highest BCUT2D eigenvalue weighted by molar-refractivity contribution is 7.23. The van der Waals surface area contributed by atoms with Crippen molar-refractivity contribution in [2.45, 2.75) is 50.4 Å². The third kappa shape index (κ3) is 5.78. The molecule has 5 heterocycles. The second-order valence-electron chi connectivity index (χ2n) is 12.4. The van der Waals surface area contributed by atoms with Gasteiger partial charge in [0.05, 0.1) is 46.0 Å². The molecule has 4 aromatic rings. The van der Waals surface area contributed by atoms with Gasteiger partial charge < -0.3 is 30.2 Å². The first-order valence-electron chi connectivity index (χ1n) is 16.0. The normalized spacial score (nSPS) is 23.2. The first-order valence-corrected chi connectivity index (χ1v) is 17.2. The monoisotopic (exact) mass is 698 g/mol. The predicted molar refractivity (Wildman–Crippen MR) is 181 cm³/mol. The van der Waals surface area contributed by atoms with Crippen molar-refractivity contribution in [1.82, 2.24) is 15.3 Å². The lowest BCUT2D eigenvalue weighted by Gasteiger charge is -2.38. The SMILES string of the molecule is C=C[C@H]1COc2c(Cl)c(-c3ccc(F)c4sc(N)c(C#N)c34)c(F)c3nc(OC[C@@H]4CCCNC[C@H](F)C4)nc(c23)N1C1CCCOC1. The van der Waals surface area contributed by atoms with Gasteiger partial charge in [-0.15, -0.1) is 17.9 Å². The molecule has 0 saturated carbocycles. The number of hydrogen-bond acceptors (Lipinski definition) is 10. The zero-order valence-corrected chi connectivity index (χ0v) is 27.6. The quantitative estimate of drug-likeness (QED) is 0.207. The number of aromatic nitrogens is 2. The maximum Gasteiger partial charge on any atom is 0.319 e. The van der Waals surface area contributed by atoms with E-state index in [4.69, 9.17) is 36.5 Å². The Labute approximate surface area is 284 Å². The van der Waals surface area contributed by atoms with Crippen molar-refractivity contribution in [3.05, 3.63) is 47.0 Å².